The van der Waals surface area contributed by atoms with Crippen LogP contribution in [0.2, 0.25) is 5.02 Å². The van der Waals surface area contributed by atoms with E-state index in [2.05, 4.69) is 0 Å². The predicted octanol–water partition coefficient (Wildman–Crippen LogP) is 3.51. The highest BCUT2D eigenvalue weighted by Crippen LogP contribution is 2.33. The van der Waals surface area contributed by atoms with Crippen LogP contribution >= 0.6 is 11.6 Å². The molecule has 0 saturated heterocycles. The molecular weight excluding hydrogens is 320 g/mol. The van der Waals surface area contributed by atoms with Crippen molar-refractivity contribution in [2.45, 2.75) is 13.0 Å². The summed E-state index contributed by atoms with van der Waals surface area (Å²) in [5, 5.41) is 20.4. The van der Waals surface area contributed by atoms with Crippen LogP contribution in [0.3, 0.4) is 0 Å². The third-order valence-electron chi connectivity index (χ3n) is 3.98. The fraction of sp³-hybridized carbons (Fsp3) is 0.188. The van der Waals surface area contributed by atoms with Gasteiger partial charge >= 0.3 is 5.97 Å². The molecule has 118 valence electrons. The van der Waals surface area contributed by atoms with E-state index in [1.54, 1.807) is 18.2 Å². The number of carboxylic acids is 1. The van der Waals surface area contributed by atoms with E-state index >= 15 is 0 Å². The third kappa shape index (κ3) is 2.85. The Balaban J connectivity index is 1.92. The second kappa shape index (κ2) is 5.89. The summed E-state index contributed by atoms with van der Waals surface area (Å²) in [6, 6.07) is 9.61. The summed E-state index contributed by atoms with van der Waals surface area (Å²) in [6.07, 6.45) is 0.588. The number of carbonyl (C=O) groups is 1. The average molecular weight is 333 g/mol. The lowest BCUT2D eigenvalue weighted by Gasteiger charge is -2.32. The smallest absolute Gasteiger partial charge is 0.335 e. The van der Waals surface area contributed by atoms with E-state index in [0.29, 0.717) is 35.8 Å². The molecule has 7 heteroatoms. The van der Waals surface area contributed by atoms with E-state index < -0.39 is 10.9 Å². The van der Waals surface area contributed by atoms with Gasteiger partial charge in [-0.3, -0.25) is 10.1 Å². The maximum atomic E-state index is 11.3. The lowest BCUT2D eigenvalue weighted by Crippen LogP contribution is -2.31. The van der Waals surface area contributed by atoms with Gasteiger partial charge < -0.3 is 10.0 Å². The van der Waals surface area contributed by atoms with Crippen LogP contribution in [-0.4, -0.2) is 22.5 Å². The Kier molecular flexibility index (Phi) is 3.92. The van der Waals surface area contributed by atoms with Crippen molar-refractivity contribution < 1.29 is 14.8 Å². The summed E-state index contributed by atoms with van der Waals surface area (Å²) in [5.74, 6) is -0.927. The molecule has 0 saturated carbocycles. The zero-order chi connectivity index (χ0) is 16.6. The van der Waals surface area contributed by atoms with E-state index in [-0.39, 0.29) is 5.69 Å². The number of hydrogen-bond donors (Lipinski definition) is 1. The number of aromatic carboxylic acids is 1. The second-order valence-electron chi connectivity index (χ2n) is 5.31. The summed E-state index contributed by atoms with van der Waals surface area (Å²) in [4.78, 5) is 23.6. The summed E-state index contributed by atoms with van der Waals surface area (Å²) in [5.41, 5.74) is 2.77. The maximum Gasteiger partial charge on any atom is 0.335 e. The van der Waals surface area contributed by atoms with Crippen molar-refractivity contribution in [2.75, 3.05) is 11.4 Å². The molecule has 0 fully saturated rings. The molecule has 0 atom stereocenters. The topological polar surface area (TPSA) is 83.7 Å². The number of anilines is 1. The molecule has 0 unspecified atom stereocenters. The molecule has 3 rings (SSSR count). The zero-order valence-electron chi connectivity index (χ0n) is 12.0. The molecule has 0 spiro atoms. The normalized spacial score (nSPS) is 13.5. The summed E-state index contributed by atoms with van der Waals surface area (Å²) < 4.78 is 0. The van der Waals surface area contributed by atoms with Gasteiger partial charge in [-0.2, -0.15) is 0 Å². The molecule has 1 heterocycles. The molecule has 23 heavy (non-hydrogen) atoms. The van der Waals surface area contributed by atoms with Gasteiger partial charge in [0.2, 0.25) is 0 Å². The van der Waals surface area contributed by atoms with Gasteiger partial charge in [0.25, 0.3) is 5.69 Å². The average Bonchev–Trinajstić information content (AvgIpc) is 2.53. The molecule has 0 bridgehead atoms. The highest BCUT2D eigenvalue weighted by Gasteiger charge is 2.23. The van der Waals surface area contributed by atoms with E-state index in [9.17, 15) is 20.0 Å². The summed E-state index contributed by atoms with van der Waals surface area (Å²) >= 11 is 6.18. The first-order valence-corrected chi connectivity index (χ1v) is 7.38. The largest absolute Gasteiger partial charge is 0.478 e. The van der Waals surface area contributed by atoms with Crippen molar-refractivity contribution in [3.8, 4) is 0 Å². The number of rotatable bonds is 3. The van der Waals surface area contributed by atoms with Crippen LogP contribution < -0.4 is 4.90 Å². The third-order valence-corrected chi connectivity index (χ3v) is 4.28. The van der Waals surface area contributed by atoms with E-state index in [0.717, 1.165) is 11.1 Å². The van der Waals surface area contributed by atoms with Crippen molar-refractivity contribution in [1.29, 1.82) is 0 Å². The number of nitro groups is 1. The van der Waals surface area contributed by atoms with Gasteiger partial charge in [-0.1, -0.05) is 23.7 Å². The number of nitro benzene ring substituents is 1. The van der Waals surface area contributed by atoms with E-state index in [4.69, 9.17) is 11.6 Å². The summed E-state index contributed by atoms with van der Waals surface area (Å²) in [6.45, 7) is 1.13. The Morgan fingerprint density at radius 2 is 2.09 bits per heavy atom. The minimum Gasteiger partial charge on any atom is -0.478 e. The first-order valence-electron chi connectivity index (χ1n) is 7.00. The molecule has 1 aliphatic rings. The molecule has 2 aromatic rings. The van der Waals surface area contributed by atoms with E-state index in [1.807, 2.05) is 11.0 Å². The number of benzene rings is 2. The fourth-order valence-corrected chi connectivity index (χ4v) is 3.18. The first-order chi connectivity index (χ1) is 11.0. The SMILES string of the molecule is O=C(O)c1cccc2c1CCN(c1ccc([N+](=O)[O-])cc1Cl)C2. The summed E-state index contributed by atoms with van der Waals surface area (Å²) in [7, 11) is 0. The number of hydrogen-bond acceptors (Lipinski definition) is 4. The lowest BCUT2D eigenvalue weighted by molar-refractivity contribution is -0.384. The number of non-ortho nitro benzene ring substituents is 1. The van der Waals surface area contributed by atoms with Crippen molar-refractivity contribution >= 4 is 28.9 Å². The molecule has 0 aliphatic carbocycles. The Morgan fingerprint density at radius 1 is 1.30 bits per heavy atom. The van der Waals surface area contributed by atoms with Crippen LogP contribution in [0.5, 0.6) is 0 Å². The van der Waals surface area contributed by atoms with Crippen LogP contribution in [0, 0.1) is 10.1 Å². The van der Waals surface area contributed by atoms with Gasteiger partial charge in [0.05, 0.1) is 21.2 Å². The highest BCUT2D eigenvalue weighted by molar-refractivity contribution is 6.33. The zero-order valence-corrected chi connectivity index (χ0v) is 12.8. The number of fused-ring (bicyclic) bond motifs is 1. The first kappa shape index (κ1) is 15.3. The molecule has 6 nitrogen and oxygen atoms in total. The Bertz CT molecular complexity index is 807. The monoisotopic (exact) mass is 332 g/mol. The standard InChI is InChI=1S/C16H13ClN2O4/c17-14-8-11(19(22)23)4-5-15(14)18-7-6-12-10(9-18)2-1-3-13(12)16(20)21/h1-5,8H,6-7,9H2,(H,20,21). The quantitative estimate of drug-likeness (QED) is 0.687. The van der Waals surface area contributed by atoms with Crippen molar-refractivity contribution in [3.05, 3.63) is 68.2 Å². The Labute approximate surface area is 137 Å². The van der Waals surface area contributed by atoms with Crippen LogP contribution in [0.25, 0.3) is 0 Å². The van der Waals surface area contributed by atoms with Gasteiger partial charge in [0.1, 0.15) is 0 Å². The molecule has 0 amide bonds. The van der Waals surface area contributed by atoms with Crippen molar-refractivity contribution in [2.24, 2.45) is 0 Å². The molecule has 0 aromatic heterocycles. The Hall–Kier alpha value is -2.60. The predicted molar refractivity (Wildman–Crippen MR) is 86.3 cm³/mol. The number of halogens is 1. The fourth-order valence-electron chi connectivity index (χ4n) is 2.88. The van der Waals surface area contributed by atoms with Gasteiger partial charge in [-0.05, 0) is 29.7 Å². The van der Waals surface area contributed by atoms with Crippen molar-refractivity contribution in [3.63, 3.8) is 0 Å². The number of nitrogens with zero attached hydrogens (tertiary/aromatic N) is 2. The second-order valence-corrected chi connectivity index (χ2v) is 5.72. The van der Waals surface area contributed by atoms with Crippen LogP contribution in [0.4, 0.5) is 11.4 Å². The molecule has 1 aliphatic heterocycles. The van der Waals surface area contributed by atoms with Gasteiger partial charge in [-0.25, -0.2) is 4.79 Å². The Morgan fingerprint density at radius 3 is 2.74 bits per heavy atom. The minimum absolute atomic E-state index is 0.0516. The highest BCUT2D eigenvalue weighted by atomic mass is 35.5. The van der Waals surface area contributed by atoms with Gasteiger partial charge in [-0.15, -0.1) is 0 Å². The van der Waals surface area contributed by atoms with Crippen LogP contribution in [-0.2, 0) is 13.0 Å². The van der Waals surface area contributed by atoms with Crippen LogP contribution in [0.15, 0.2) is 36.4 Å². The van der Waals surface area contributed by atoms with Crippen molar-refractivity contribution in [1.82, 2.24) is 0 Å². The maximum absolute atomic E-state index is 11.3. The van der Waals surface area contributed by atoms with Crippen LogP contribution in [0.1, 0.15) is 21.5 Å². The lowest BCUT2D eigenvalue weighted by atomic mass is 9.94. The minimum atomic E-state index is -0.927. The van der Waals surface area contributed by atoms with Gasteiger partial charge in [0, 0.05) is 25.2 Å². The number of carboxylic acid groups (broad SMARTS) is 1. The van der Waals surface area contributed by atoms with E-state index in [1.165, 1.54) is 12.1 Å². The molecule has 2 aromatic carbocycles. The molecule has 1 N–H and O–H groups in total. The molecular formula is C16H13ClN2O4. The van der Waals surface area contributed by atoms with Gasteiger partial charge in [0.15, 0.2) is 0 Å². The molecule has 0 radical (unpaired) electrons.